The van der Waals surface area contributed by atoms with Crippen LogP contribution in [0.2, 0.25) is 5.02 Å². The van der Waals surface area contributed by atoms with E-state index in [0.717, 1.165) is 31.5 Å². The molecule has 4 nitrogen and oxygen atoms in total. The molecule has 0 radical (unpaired) electrons. The summed E-state index contributed by atoms with van der Waals surface area (Å²) in [5, 5.41) is 6.81. The second kappa shape index (κ2) is 6.26. The number of nitrogens with one attached hydrogen (secondary N) is 2. The van der Waals surface area contributed by atoms with Crippen molar-refractivity contribution in [3.05, 3.63) is 22.7 Å². The Balaban J connectivity index is 2.13. The molecule has 5 heteroatoms. The molecule has 0 aromatic heterocycles. The fourth-order valence-corrected chi connectivity index (χ4v) is 2.39. The normalized spacial score (nSPS) is 19.0. The van der Waals surface area contributed by atoms with Crippen molar-refractivity contribution in [1.82, 2.24) is 5.32 Å². The topological polar surface area (TPSA) is 50.4 Å². The number of benzene rings is 1. The maximum atomic E-state index is 12.2. The molecule has 19 heavy (non-hydrogen) atoms. The Morgan fingerprint density at radius 2 is 2.32 bits per heavy atom. The summed E-state index contributed by atoms with van der Waals surface area (Å²) in [6.45, 7) is 3.63. The maximum absolute atomic E-state index is 12.2. The van der Waals surface area contributed by atoms with E-state index in [9.17, 15) is 4.79 Å². The molecule has 0 unspecified atom stereocenters. The molecule has 1 heterocycles. The number of carbonyl (C=O) groups is 1. The van der Waals surface area contributed by atoms with Crippen LogP contribution in [0.5, 0.6) is 5.75 Å². The number of rotatable bonds is 3. The third-order valence-electron chi connectivity index (χ3n) is 3.41. The highest BCUT2D eigenvalue weighted by molar-refractivity contribution is 6.31. The van der Waals surface area contributed by atoms with E-state index in [-0.39, 0.29) is 11.8 Å². The van der Waals surface area contributed by atoms with E-state index in [1.54, 1.807) is 13.2 Å². The van der Waals surface area contributed by atoms with Gasteiger partial charge in [0.15, 0.2) is 0 Å². The van der Waals surface area contributed by atoms with E-state index in [1.165, 1.54) is 0 Å². The molecular formula is C14H19ClN2O2. The van der Waals surface area contributed by atoms with Crippen molar-refractivity contribution in [2.24, 2.45) is 5.92 Å². The standard InChI is InChI=1S/C14H19ClN2O2/c1-9-6-12(13(19-2)7-11(9)15)17-14(18)10-4-3-5-16-8-10/h6-7,10,16H,3-5,8H2,1-2H3,(H,17,18)/t10-/m0/s1. The summed E-state index contributed by atoms with van der Waals surface area (Å²) in [4.78, 5) is 12.2. The molecule has 104 valence electrons. The van der Waals surface area contributed by atoms with Gasteiger partial charge in [-0.15, -0.1) is 0 Å². The fraction of sp³-hybridized carbons (Fsp3) is 0.500. The number of carbonyl (C=O) groups excluding carboxylic acids is 1. The van der Waals surface area contributed by atoms with Gasteiger partial charge in [-0.3, -0.25) is 4.79 Å². The molecule has 1 aromatic carbocycles. The van der Waals surface area contributed by atoms with Crippen LogP contribution in [-0.2, 0) is 4.79 Å². The van der Waals surface area contributed by atoms with Crippen LogP contribution in [0.1, 0.15) is 18.4 Å². The molecular weight excluding hydrogens is 264 g/mol. The highest BCUT2D eigenvalue weighted by Crippen LogP contribution is 2.31. The predicted octanol–water partition coefficient (Wildman–Crippen LogP) is 2.60. The third-order valence-corrected chi connectivity index (χ3v) is 3.81. The van der Waals surface area contributed by atoms with E-state index in [4.69, 9.17) is 16.3 Å². The Kier molecular flexibility index (Phi) is 4.66. The lowest BCUT2D eigenvalue weighted by molar-refractivity contribution is -0.120. The molecule has 1 aliphatic rings. The number of halogens is 1. The average Bonchev–Trinajstić information content (AvgIpc) is 2.43. The number of ether oxygens (including phenoxy) is 1. The number of hydrogen-bond donors (Lipinski definition) is 2. The monoisotopic (exact) mass is 282 g/mol. The van der Waals surface area contributed by atoms with Crippen molar-refractivity contribution in [2.75, 3.05) is 25.5 Å². The average molecular weight is 283 g/mol. The van der Waals surface area contributed by atoms with Gasteiger partial charge >= 0.3 is 0 Å². The number of methoxy groups -OCH3 is 1. The molecule has 1 saturated heterocycles. The second-order valence-corrected chi connectivity index (χ2v) is 5.24. The fourth-order valence-electron chi connectivity index (χ4n) is 2.24. The predicted molar refractivity (Wildman–Crippen MR) is 77.0 cm³/mol. The summed E-state index contributed by atoms with van der Waals surface area (Å²) >= 11 is 6.05. The zero-order valence-electron chi connectivity index (χ0n) is 11.3. The van der Waals surface area contributed by atoms with Crippen molar-refractivity contribution >= 4 is 23.2 Å². The number of amides is 1. The molecule has 1 aliphatic heterocycles. The molecule has 0 bridgehead atoms. The van der Waals surface area contributed by atoms with Crippen LogP contribution in [0.25, 0.3) is 0 Å². The number of anilines is 1. The Morgan fingerprint density at radius 1 is 1.53 bits per heavy atom. The summed E-state index contributed by atoms with van der Waals surface area (Å²) in [6, 6.07) is 3.57. The highest BCUT2D eigenvalue weighted by Gasteiger charge is 2.22. The van der Waals surface area contributed by atoms with Gasteiger partial charge in [0.25, 0.3) is 0 Å². The van der Waals surface area contributed by atoms with Crippen LogP contribution in [0, 0.1) is 12.8 Å². The molecule has 2 N–H and O–H groups in total. The van der Waals surface area contributed by atoms with E-state index in [0.29, 0.717) is 16.5 Å². The molecule has 1 amide bonds. The van der Waals surface area contributed by atoms with Crippen LogP contribution >= 0.6 is 11.6 Å². The molecule has 1 atom stereocenters. The van der Waals surface area contributed by atoms with Crippen LogP contribution in [0.15, 0.2) is 12.1 Å². The molecule has 0 saturated carbocycles. The van der Waals surface area contributed by atoms with Gasteiger partial charge in [0, 0.05) is 17.6 Å². The molecule has 0 spiro atoms. The summed E-state index contributed by atoms with van der Waals surface area (Å²) in [6.07, 6.45) is 1.96. The van der Waals surface area contributed by atoms with Crippen molar-refractivity contribution in [1.29, 1.82) is 0 Å². The Bertz CT molecular complexity index is 471. The number of aryl methyl sites for hydroxylation is 1. The van der Waals surface area contributed by atoms with Gasteiger partial charge in [-0.1, -0.05) is 11.6 Å². The minimum atomic E-state index is 0.0226. The molecule has 1 fully saturated rings. The van der Waals surface area contributed by atoms with Crippen LogP contribution < -0.4 is 15.4 Å². The summed E-state index contributed by atoms with van der Waals surface area (Å²) in [5.41, 5.74) is 1.60. The van der Waals surface area contributed by atoms with Gasteiger partial charge in [-0.05, 0) is 37.9 Å². The van der Waals surface area contributed by atoms with Crippen molar-refractivity contribution in [2.45, 2.75) is 19.8 Å². The van der Waals surface area contributed by atoms with Gasteiger partial charge in [0.2, 0.25) is 5.91 Å². The quantitative estimate of drug-likeness (QED) is 0.896. The summed E-state index contributed by atoms with van der Waals surface area (Å²) < 4.78 is 5.25. The molecule has 1 aromatic rings. The van der Waals surface area contributed by atoms with E-state index < -0.39 is 0 Å². The van der Waals surface area contributed by atoms with E-state index in [1.807, 2.05) is 13.0 Å². The molecule has 0 aliphatic carbocycles. The Morgan fingerprint density at radius 3 is 2.95 bits per heavy atom. The maximum Gasteiger partial charge on any atom is 0.228 e. The first-order chi connectivity index (χ1) is 9.11. The van der Waals surface area contributed by atoms with Gasteiger partial charge in [-0.25, -0.2) is 0 Å². The summed E-state index contributed by atoms with van der Waals surface area (Å²) in [5.74, 6) is 0.648. The van der Waals surface area contributed by atoms with Crippen molar-refractivity contribution in [3.63, 3.8) is 0 Å². The van der Waals surface area contributed by atoms with Crippen molar-refractivity contribution in [3.8, 4) is 5.75 Å². The minimum Gasteiger partial charge on any atom is -0.495 e. The van der Waals surface area contributed by atoms with Gasteiger partial charge in [0.1, 0.15) is 5.75 Å². The SMILES string of the molecule is COc1cc(Cl)c(C)cc1NC(=O)[C@H]1CCCNC1. The van der Waals surface area contributed by atoms with Crippen LogP contribution in [0.4, 0.5) is 5.69 Å². The molecule has 2 rings (SSSR count). The largest absolute Gasteiger partial charge is 0.495 e. The third kappa shape index (κ3) is 3.39. The Labute approximate surface area is 118 Å². The van der Waals surface area contributed by atoms with Crippen molar-refractivity contribution < 1.29 is 9.53 Å². The van der Waals surface area contributed by atoms with Crippen LogP contribution in [-0.4, -0.2) is 26.1 Å². The summed E-state index contributed by atoms with van der Waals surface area (Å²) in [7, 11) is 1.57. The Hall–Kier alpha value is -1.26. The lowest BCUT2D eigenvalue weighted by Crippen LogP contribution is -2.37. The zero-order chi connectivity index (χ0) is 13.8. The van der Waals surface area contributed by atoms with E-state index >= 15 is 0 Å². The van der Waals surface area contributed by atoms with Gasteiger partial charge in [0.05, 0.1) is 18.7 Å². The van der Waals surface area contributed by atoms with Gasteiger partial charge < -0.3 is 15.4 Å². The number of hydrogen-bond acceptors (Lipinski definition) is 3. The van der Waals surface area contributed by atoms with E-state index in [2.05, 4.69) is 10.6 Å². The first-order valence-corrected chi connectivity index (χ1v) is 6.85. The first kappa shape index (κ1) is 14.2. The first-order valence-electron chi connectivity index (χ1n) is 6.47. The lowest BCUT2D eigenvalue weighted by Gasteiger charge is -2.22. The smallest absolute Gasteiger partial charge is 0.228 e. The van der Waals surface area contributed by atoms with Crippen LogP contribution in [0.3, 0.4) is 0 Å². The second-order valence-electron chi connectivity index (χ2n) is 4.83. The number of piperidine rings is 1. The minimum absolute atomic E-state index is 0.0226. The zero-order valence-corrected chi connectivity index (χ0v) is 12.0. The van der Waals surface area contributed by atoms with Gasteiger partial charge in [-0.2, -0.15) is 0 Å². The highest BCUT2D eigenvalue weighted by atomic mass is 35.5. The lowest BCUT2D eigenvalue weighted by atomic mass is 9.98.